The molecule has 2 N–H and O–H groups in total. The van der Waals surface area contributed by atoms with Gasteiger partial charge in [0.2, 0.25) is 0 Å². The van der Waals surface area contributed by atoms with E-state index < -0.39 is 0 Å². The van der Waals surface area contributed by atoms with Crippen LogP contribution in [0.5, 0.6) is 0 Å². The molecule has 0 amide bonds. The SMILES string of the molecule is O.[B].[Fe].[Rb]. The molecule has 0 aliphatic heterocycles. The largest absolute Gasteiger partial charge is 0.412 e. The average Bonchev–Trinajstić information content (AvgIpc) is 0. The molecule has 0 heterocycles. The Hall–Kier alpha value is 2.35. The van der Waals surface area contributed by atoms with Crippen LogP contribution in [0.15, 0.2) is 0 Å². The molecule has 0 aromatic carbocycles. The first-order chi connectivity index (χ1) is 0. The number of rotatable bonds is 0. The smallest absolute Gasteiger partial charge is 0 e. The topological polar surface area (TPSA) is 31.5 Å². The van der Waals surface area contributed by atoms with Crippen LogP contribution in [0, 0.1) is 0 Å². The standard InChI is InChI=1S/B.Fe.H2O.Rb/h;;1H2;. The summed E-state index contributed by atoms with van der Waals surface area (Å²) in [6.45, 7) is 0. The normalized spacial score (nSPS) is 0. The molecule has 0 atom stereocenters. The molecule has 0 spiro atoms. The minimum Gasteiger partial charge on any atom is -0.412 e. The Balaban J connectivity index is 0. The van der Waals surface area contributed by atoms with Crippen molar-refractivity contribution < 1.29 is 22.5 Å². The molecule has 0 aromatic rings. The zero-order valence-electron chi connectivity index (χ0n) is 2.43. The molecule has 0 fully saturated rings. The van der Waals surface area contributed by atoms with E-state index in [1.165, 1.54) is 0 Å². The van der Waals surface area contributed by atoms with Crippen LogP contribution < -0.4 is 0 Å². The fourth-order valence-corrected chi connectivity index (χ4v) is 0. The first-order valence-corrected chi connectivity index (χ1v) is 0. The van der Waals surface area contributed by atoms with Gasteiger partial charge in [-0.1, -0.05) is 0 Å². The molecule has 0 saturated carbocycles. The van der Waals surface area contributed by atoms with Crippen molar-refractivity contribution in [3.63, 3.8) is 0 Å². The van der Waals surface area contributed by atoms with E-state index in [-0.39, 0.29) is 89.1 Å². The zero-order chi connectivity index (χ0) is 0. The molecule has 20 valence electrons. The first kappa shape index (κ1) is 32.9. The van der Waals surface area contributed by atoms with Gasteiger partial charge in [0.15, 0.2) is 0 Å². The van der Waals surface area contributed by atoms with Gasteiger partial charge in [0.25, 0.3) is 0 Å². The van der Waals surface area contributed by atoms with Crippen molar-refractivity contribution in [2.45, 2.75) is 0 Å². The maximum absolute atomic E-state index is 0. The van der Waals surface area contributed by atoms with Gasteiger partial charge >= 0.3 is 0 Å². The Labute approximate surface area is 87.1 Å². The Kier molecular flexibility index (Phi) is 151. The van der Waals surface area contributed by atoms with Gasteiger partial charge in [-0.05, 0) is 0 Å². The fraction of sp³-hybridized carbons (Fsp3) is 0. The van der Waals surface area contributed by atoms with Crippen molar-refractivity contribution in [3.05, 3.63) is 0 Å². The first-order valence-electron chi connectivity index (χ1n) is 0. The van der Waals surface area contributed by atoms with E-state index in [2.05, 4.69) is 0 Å². The van der Waals surface area contributed by atoms with Crippen molar-refractivity contribution >= 4 is 66.6 Å². The van der Waals surface area contributed by atoms with Gasteiger partial charge in [0.1, 0.15) is 0 Å². The molecule has 1 nitrogen and oxygen atoms in total. The number of hydrogen-bond donors (Lipinski definition) is 0. The van der Waals surface area contributed by atoms with Crippen molar-refractivity contribution in [2.75, 3.05) is 0 Å². The second-order valence-corrected chi connectivity index (χ2v) is 0. The Morgan fingerprint density at radius 1 is 1.00 bits per heavy atom. The molecule has 0 unspecified atom stereocenters. The van der Waals surface area contributed by atoms with Crippen LogP contribution in [0.2, 0.25) is 0 Å². The molecular weight excluding hydrogens is 168 g/mol. The summed E-state index contributed by atoms with van der Waals surface area (Å²) in [4.78, 5) is 0. The van der Waals surface area contributed by atoms with Crippen LogP contribution in [0.3, 0.4) is 0 Å². The van der Waals surface area contributed by atoms with Gasteiger partial charge in [-0.2, -0.15) is 0 Å². The molecule has 0 rings (SSSR count). The van der Waals surface area contributed by atoms with E-state index >= 15 is 0 Å². The van der Waals surface area contributed by atoms with E-state index in [1.807, 2.05) is 0 Å². The Bertz CT molecular complexity index is 8.00. The van der Waals surface area contributed by atoms with Crippen LogP contribution in [0.25, 0.3) is 0 Å². The van der Waals surface area contributed by atoms with Gasteiger partial charge in [-0.15, -0.1) is 0 Å². The molecule has 0 aliphatic carbocycles. The van der Waals surface area contributed by atoms with Crippen LogP contribution in [0.4, 0.5) is 0 Å². The molecule has 0 bridgehead atoms. The minimum absolute atomic E-state index is 0. The zero-order valence-corrected chi connectivity index (χ0v) is 8.45. The molecule has 4 heteroatoms. The van der Waals surface area contributed by atoms with Gasteiger partial charge in [-0.25, -0.2) is 0 Å². The van der Waals surface area contributed by atoms with Crippen LogP contribution in [0.1, 0.15) is 0 Å². The second-order valence-electron chi connectivity index (χ2n) is 0. The average molecular weight is 170 g/mol. The Morgan fingerprint density at radius 2 is 1.00 bits per heavy atom. The third kappa shape index (κ3) is 8.84. The molecule has 4 heavy (non-hydrogen) atoms. The maximum Gasteiger partial charge on any atom is 0 e. The van der Waals surface area contributed by atoms with Crippen LogP contribution >= 0.6 is 0 Å². The van der Waals surface area contributed by atoms with Crippen LogP contribution in [-0.4, -0.2) is 72.1 Å². The third-order valence-corrected chi connectivity index (χ3v) is 0. The van der Waals surface area contributed by atoms with Crippen molar-refractivity contribution in [2.24, 2.45) is 0 Å². The van der Waals surface area contributed by atoms with E-state index in [0.717, 1.165) is 0 Å². The second kappa shape index (κ2) is 18.3. The van der Waals surface area contributed by atoms with Crippen molar-refractivity contribution in [3.8, 4) is 0 Å². The van der Waals surface area contributed by atoms with Crippen molar-refractivity contribution in [1.29, 1.82) is 0 Å². The summed E-state index contributed by atoms with van der Waals surface area (Å²) in [7, 11) is 0. The Morgan fingerprint density at radius 3 is 1.00 bits per heavy atom. The molecule has 0 aliphatic rings. The monoisotopic (exact) mass is 170 g/mol. The van der Waals surface area contributed by atoms with Gasteiger partial charge in [0, 0.05) is 83.7 Å². The quantitative estimate of drug-likeness (QED) is 0.393. The predicted octanol–water partition coefficient (Wildman–Crippen LogP) is -1.59. The summed E-state index contributed by atoms with van der Waals surface area (Å²) in [6.07, 6.45) is 0. The van der Waals surface area contributed by atoms with E-state index in [0.29, 0.717) is 0 Å². The summed E-state index contributed by atoms with van der Waals surface area (Å²) in [5.41, 5.74) is 0. The summed E-state index contributed by atoms with van der Waals surface area (Å²) < 4.78 is 0. The van der Waals surface area contributed by atoms with E-state index in [1.54, 1.807) is 0 Å². The maximum atomic E-state index is 0. The van der Waals surface area contributed by atoms with E-state index in [4.69, 9.17) is 0 Å². The molecular formula is H2BFeORb. The molecule has 0 saturated heterocycles. The fourth-order valence-electron chi connectivity index (χ4n) is 0. The van der Waals surface area contributed by atoms with E-state index in [9.17, 15) is 0 Å². The molecule has 0 aromatic heterocycles. The third-order valence-electron chi connectivity index (χ3n) is 0. The summed E-state index contributed by atoms with van der Waals surface area (Å²) in [6, 6.07) is 0. The summed E-state index contributed by atoms with van der Waals surface area (Å²) >= 11 is 0. The predicted molar refractivity (Wildman–Crippen MR) is 15.1 cm³/mol. The summed E-state index contributed by atoms with van der Waals surface area (Å²) in [5, 5.41) is 0. The molecule has 4 radical (unpaired) electrons. The minimum atomic E-state index is 0. The van der Waals surface area contributed by atoms with Gasteiger partial charge in [-0.3, -0.25) is 0 Å². The van der Waals surface area contributed by atoms with Crippen LogP contribution in [-0.2, 0) is 17.1 Å². The van der Waals surface area contributed by atoms with Gasteiger partial charge < -0.3 is 5.48 Å². The van der Waals surface area contributed by atoms with Gasteiger partial charge in [0.05, 0.1) is 0 Å². The van der Waals surface area contributed by atoms with Crippen molar-refractivity contribution in [1.82, 2.24) is 0 Å². The number of hydrogen-bond acceptors (Lipinski definition) is 0. The summed E-state index contributed by atoms with van der Waals surface area (Å²) in [5.74, 6) is 0.